The van der Waals surface area contributed by atoms with E-state index in [2.05, 4.69) is 10.3 Å². The minimum atomic E-state index is -0.349. The maximum Gasteiger partial charge on any atom is 0.255 e. The van der Waals surface area contributed by atoms with Crippen molar-refractivity contribution in [3.05, 3.63) is 76.4 Å². The third kappa shape index (κ3) is 4.53. The zero-order valence-corrected chi connectivity index (χ0v) is 18.5. The summed E-state index contributed by atoms with van der Waals surface area (Å²) in [6, 6.07) is 14.4. The lowest BCUT2D eigenvalue weighted by Gasteiger charge is -2.26. The third-order valence-electron chi connectivity index (χ3n) is 5.46. The predicted molar refractivity (Wildman–Crippen MR) is 125 cm³/mol. The molecule has 7 nitrogen and oxygen atoms in total. The monoisotopic (exact) mass is 450 g/mol. The molecule has 0 spiro atoms. The lowest BCUT2D eigenvalue weighted by Crippen LogP contribution is -2.31. The molecule has 1 aromatic heterocycles. The minimum Gasteiger partial charge on any atom is -0.482 e. The van der Waals surface area contributed by atoms with Gasteiger partial charge in [-0.3, -0.25) is 9.59 Å². The highest BCUT2D eigenvalue weighted by Crippen LogP contribution is 2.30. The van der Waals surface area contributed by atoms with Gasteiger partial charge in [-0.2, -0.15) is 0 Å². The zero-order chi connectivity index (χ0) is 22.8. The molecule has 1 atom stereocenters. The molecule has 1 aliphatic rings. The van der Waals surface area contributed by atoms with E-state index in [4.69, 9.17) is 22.1 Å². The standard InChI is InChI=1S/C24H23ClN4O3/c1-14(32-21-12-18(25)13-27-23(21)26)16-4-3-5-19(10-16)28-24(31)17-7-6-15-8-9-22(30)29(2)20(15)11-17/h3-7,10-14H,8-9H2,1-2H3,(H2,26,27)(H,28,31). The number of fused-ring (bicyclic) bond motifs is 1. The molecule has 0 bridgehead atoms. The van der Waals surface area contributed by atoms with Crippen molar-refractivity contribution in [2.24, 2.45) is 0 Å². The molecule has 0 saturated heterocycles. The molecule has 0 radical (unpaired) electrons. The first-order chi connectivity index (χ1) is 15.3. The first-order valence-corrected chi connectivity index (χ1v) is 10.6. The highest BCUT2D eigenvalue weighted by molar-refractivity contribution is 6.30. The molecule has 0 fully saturated rings. The summed E-state index contributed by atoms with van der Waals surface area (Å²) in [4.78, 5) is 30.5. The number of nitrogen functional groups attached to an aromatic ring is 1. The van der Waals surface area contributed by atoms with Crippen LogP contribution in [0.3, 0.4) is 0 Å². The Morgan fingerprint density at radius 1 is 1.22 bits per heavy atom. The van der Waals surface area contributed by atoms with Gasteiger partial charge in [0.15, 0.2) is 11.6 Å². The summed E-state index contributed by atoms with van der Waals surface area (Å²) in [5.74, 6) is 0.439. The average molecular weight is 451 g/mol. The fourth-order valence-electron chi connectivity index (χ4n) is 3.63. The molecule has 0 aliphatic carbocycles. The quantitative estimate of drug-likeness (QED) is 0.591. The largest absolute Gasteiger partial charge is 0.482 e. The van der Waals surface area contributed by atoms with Crippen molar-refractivity contribution < 1.29 is 14.3 Å². The van der Waals surface area contributed by atoms with Gasteiger partial charge in [-0.1, -0.05) is 29.8 Å². The van der Waals surface area contributed by atoms with E-state index in [9.17, 15) is 9.59 Å². The number of aryl methyl sites for hydroxylation is 1. The van der Waals surface area contributed by atoms with E-state index in [0.29, 0.717) is 34.9 Å². The van der Waals surface area contributed by atoms with Crippen molar-refractivity contribution in [1.29, 1.82) is 0 Å². The van der Waals surface area contributed by atoms with Crippen molar-refractivity contribution in [1.82, 2.24) is 4.98 Å². The van der Waals surface area contributed by atoms with Crippen LogP contribution in [-0.2, 0) is 11.2 Å². The van der Waals surface area contributed by atoms with Crippen LogP contribution in [0.5, 0.6) is 5.75 Å². The Labute approximate surface area is 191 Å². The highest BCUT2D eigenvalue weighted by atomic mass is 35.5. The fraction of sp³-hybridized carbons (Fsp3) is 0.208. The van der Waals surface area contributed by atoms with E-state index in [1.54, 1.807) is 36.2 Å². The van der Waals surface area contributed by atoms with Crippen molar-refractivity contribution in [3.8, 4) is 5.75 Å². The number of ether oxygens (including phenoxy) is 1. The number of nitrogens with zero attached hydrogens (tertiary/aromatic N) is 2. The van der Waals surface area contributed by atoms with Gasteiger partial charge in [-0.15, -0.1) is 0 Å². The van der Waals surface area contributed by atoms with Crippen LogP contribution >= 0.6 is 11.6 Å². The van der Waals surface area contributed by atoms with Gasteiger partial charge >= 0.3 is 0 Å². The molecule has 3 N–H and O–H groups in total. The molecule has 1 aliphatic heterocycles. The molecule has 3 aromatic rings. The normalized spacial score (nSPS) is 14.0. The van der Waals surface area contributed by atoms with Gasteiger partial charge in [0, 0.05) is 42.7 Å². The molecular formula is C24H23ClN4O3. The van der Waals surface area contributed by atoms with Gasteiger partial charge in [0.2, 0.25) is 5.91 Å². The van der Waals surface area contributed by atoms with Crippen LogP contribution in [0.15, 0.2) is 54.7 Å². The topological polar surface area (TPSA) is 97.6 Å². The zero-order valence-electron chi connectivity index (χ0n) is 17.8. The smallest absolute Gasteiger partial charge is 0.255 e. The maximum absolute atomic E-state index is 12.9. The number of aromatic nitrogens is 1. The van der Waals surface area contributed by atoms with Crippen LogP contribution in [0, 0.1) is 0 Å². The number of hydrogen-bond acceptors (Lipinski definition) is 5. The fourth-order valence-corrected chi connectivity index (χ4v) is 3.78. The first kappa shape index (κ1) is 21.6. The number of pyridine rings is 1. The number of benzene rings is 2. The number of nitrogens with two attached hydrogens (primary N) is 1. The van der Waals surface area contributed by atoms with Gasteiger partial charge in [-0.25, -0.2) is 4.98 Å². The summed E-state index contributed by atoms with van der Waals surface area (Å²) in [7, 11) is 1.73. The predicted octanol–water partition coefficient (Wildman–Crippen LogP) is 4.62. The van der Waals surface area contributed by atoms with Crippen LogP contribution in [0.4, 0.5) is 17.2 Å². The lowest BCUT2D eigenvalue weighted by atomic mass is 9.99. The molecule has 8 heteroatoms. The second-order valence-corrected chi connectivity index (χ2v) is 8.11. The van der Waals surface area contributed by atoms with Crippen LogP contribution in [0.2, 0.25) is 5.02 Å². The molecule has 2 amide bonds. The van der Waals surface area contributed by atoms with E-state index in [1.165, 1.54) is 6.20 Å². The first-order valence-electron chi connectivity index (χ1n) is 10.2. The molecule has 0 saturated carbocycles. The number of anilines is 3. The summed E-state index contributed by atoms with van der Waals surface area (Å²) in [5, 5.41) is 3.34. The number of halogens is 1. The van der Waals surface area contributed by atoms with E-state index in [1.807, 2.05) is 31.2 Å². The number of hydrogen-bond donors (Lipinski definition) is 2. The molecule has 1 unspecified atom stereocenters. The number of rotatable bonds is 5. The number of amides is 2. The average Bonchev–Trinajstić information content (AvgIpc) is 2.78. The van der Waals surface area contributed by atoms with E-state index in [0.717, 1.165) is 16.8 Å². The SMILES string of the molecule is CC(Oc1cc(Cl)cnc1N)c1cccc(NC(=O)c2ccc3c(c2)N(C)C(=O)CC3)c1. The van der Waals surface area contributed by atoms with Crippen molar-refractivity contribution >= 4 is 40.6 Å². The molecule has 164 valence electrons. The maximum atomic E-state index is 12.9. The summed E-state index contributed by atoms with van der Waals surface area (Å²) < 4.78 is 5.92. The van der Waals surface area contributed by atoms with E-state index < -0.39 is 0 Å². The van der Waals surface area contributed by atoms with Crippen LogP contribution < -0.4 is 20.7 Å². The summed E-state index contributed by atoms with van der Waals surface area (Å²) in [6.45, 7) is 1.87. The van der Waals surface area contributed by atoms with Crippen LogP contribution in [0.1, 0.15) is 40.9 Å². The van der Waals surface area contributed by atoms with E-state index >= 15 is 0 Å². The van der Waals surface area contributed by atoms with Gasteiger partial charge in [0.25, 0.3) is 5.91 Å². The summed E-state index contributed by atoms with van der Waals surface area (Å²) >= 11 is 5.98. The molecule has 32 heavy (non-hydrogen) atoms. The Balaban J connectivity index is 1.50. The van der Waals surface area contributed by atoms with Crippen LogP contribution in [0.25, 0.3) is 0 Å². The van der Waals surface area contributed by atoms with Crippen molar-refractivity contribution in [2.75, 3.05) is 23.0 Å². The number of nitrogens with one attached hydrogen (secondary N) is 1. The highest BCUT2D eigenvalue weighted by Gasteiger charge is 2.22. The Morgan fingerprint density at radius 3 is 2.84 bits per heavy atom. The Bertz CT molecular complexity index is 1200. The Morgan fingerprint density at radius 2 is 2.03 bits per heavy atom. The van der Waals surface area contributed by atoms with Crippen molar-refractivity contribution in [3.63, 3.8) is 0 Å². The second-order valence-electron chi connectivity index (χ2n) is 7.67. The lowest BCUT2D eigenvalue weighted by molar-refractivity contribution is -0.118. The Kier molecular flexibility index (Phi) is 6.01. The number of carbonyl (C=O) groups is 2. The molecular weight excluding hydrogens is 428 g/mol. The summed E-state index contributed by atoms with van der Waals surface area (Å²) in [6.07, 6.45) is 2.28. The molecule has 4 rings (SSSR count). The van der Waals surface area contributed by atoms with Gasteiger partial charge < -0.3 is 20.7 Å². The van der Waals surface area contributed by atoms with E-state index in [-0.39, 0.29) is 23.7 Å². The molecule has 2 aromatic carbocycles. The van der Waals surface area contributed by atoms with Crippen LogP contribution in [-0.4, -0.2) is 23.8 Å². The molecule has 2 heterocycles. The van der Waals surface area contributed by atoms with Gasteiger partial charge in [0.05, 0.1) is 5.02 Å². The third-order valence-corrected chi connectivity index (χ3v) is 5.66. The van der Waals surface area contributed by atoms with Gasteiger partial charge in [-0.05, 0) is 48.7 Å². The second kappa shape index (κ2) is 8.88. The number of carbonyl (C=O) groups excluding carboxylic acids is 2. The van der Waals surface area contributed by atoms with Crippen molar-refractivity contribution in [2.45, 2.75) is 25.9 Å². The Hall–Kier alpha value is -3.58. The minimum absolute atomic E-state index is 0.0484. The summed E-state index contributed by atoms with van der Waals surface area (Å²) in [5.41, 5.74) is 9.66. The van der Waals surface area contributed by atoms with Gasteiger partial charge in [0.1, 0.15) is 6.10 Å².